The maximum absolute atomic E-state index is 5.05. The van der Waals surface area contributed by atoms with E-state index in [9.17, 15) is 0 Å². The van der Waals surface area contributed by atoms with Crippen LogP contribution in [0, 0.1) is 0 Å². The molecule has 0 fully saturated rings. The van der Waals surface area contributed by atoms with Crippen molar-refractivity contribution in [2.45, 2.75) is 0 Å². The van der Waals surface area contributed by atoms with Gasteiger partial charge in [-0.05, 0) is 35.9 Å². The maximum Gasteiger partial charge on any atom is 0.164 e. The van der Waals surface area contributed by atoms with Crippen LogP contribution >= 0.6 is 11.3 Å². The Morgan fingerprint density at radius 2 is 0.960 bits per heavy atom. The summed E-state index contributed by atoms with van der Waals surface area (Å²) in [6.45, 7) is 0. The van der Waals surface area contributed by atoms with E-state index >= 15 is 0 Å². The smallest absolute Gasteiger partial charge is 0.164 e. The predicted molar refractivity (Wildman–Crippen MR) is 209 cm³/mol. The molecule has 50 heavy (non-hydrogen) atoms. The lowest BCUT2D eigenvalue weighted by atomic mass is 9.97. The van der Waals surface area contributed by atoms with Crippen LogP contribution in [0.4, 0.5) is 0 Å². The fourth-order valence-electron chi connectivity index (χ4n) is 7.21. The summed E-state index contributed by atoms with van der Waals surface area (Å²) in [6.07, 6.45) is 0. The molecular weight excluding hydrogens is 629 g/mol. The van der Waals surface area contributed by atoms with Gasteiger partial charge in [0.2, 0.25) is 0 Å². The van der Waals surface area contributed by atoms with Crippen molar-refractivity contribution >= 4 is 53.3 Å². The summed E-state index contributed by atoms with van der Waals surface area (Å²) in [6, 6.07) is 59.7. The van der Waals surface area contributed by atoms with E-state index in [1.54, 1.807) is 0 Å². The van der Waals surface area contributed by atoms with Crippen LogP contribution < -0.4 is 0 Å². The zero-order valence-corrected chi connectivity index (χ0v) is 27.7. The highest BCUT2D eigenvalue weighted by Crippen LogP contribution is 2.44. The van der Waals surface area contributed by atoms with Crippen molar-refractivity contribution in [3.05, 3.63) is 170 Å². The topological polar surface area (TPSA) is 43.6 Å². The van der Waals surface area contributed by atoms with Crippen LogP contribution in [-0.4, -0.2) is 19.5 Å². The number of nitrogens with zero attached hydrogens (tertiary/aromatic N) is 4. The van der Waals surface area contributed by atoms with Gasteiger partial charge in [-0.2, -0.15) is 0 Å². The van der Waals surface area contributed by atoms with Crippen molar-refractivity contribution in [2.24, 2.45) is 0 Å². The van der Waals surface area contributed by atoms with Crippen LogP contribution in [0.25, 0.3) is 93.0 Å². The summed E-state index contributed by atoms with van der Waals surface area (Å²) in [5, 5.41) is 4.98. The zero-order valence-electron chi connectivity index (χ0n) is 26.9. The summed E-state index contributed by atoms with van der Waals surface area (Å²) in [5.41, 5.74) is 8.66. The maximum atomic E-state index is 5.05. The van der Waals surface area contributed by atoms with Crippen molar-refractivity contribution < 1.29 is 0 Å². The van der Waals surface area contributed by atoms with Gasteiger partial charge in [0.15, 0.2) is 17.5 Å². The molecule has 7 aromatic carbocycles. The molecular formula is C45H28N4S. The molecule has 0 atom stereocenters. The molecule has 0 aliphatic carbocycles. The normalized spacial score (nSPS) is 11.6. The molecule has 0 amide bonds. The van der Waals surface area contributed by atoms with E-state index in [1.165, 1.54) is 47.6 Å². The summed E-state index contributed by atoms with van der Waals surface area (Å²) in [5.74, 6) is 1.94. The van der Waals surface area contributed by atoms with Gasteiger partial charge >= 0.3 is 0 Å². The monoisotopic (exact) mass is 656 g/mol. The molecule has 5 heteroatoms. The molecule has 0 aliphatic rings. The van der Waals surface area contributed by atoms with E-state index < -0.39 is 0 Å². The molecule has 10 aromatic rings. The van der Waals surface area contributed by atoms with Gasteiger partial charge in [0.05, 0.1) is 11.0 Å². The highest BCUT2D eigenvalue weighted by molar-refractivity contribution is 7.25. The Morgan fingerprint density at radius 1 is 0.400 bits per heavy atom. The first-order valence-corrected chi connectivity index (χ1v) is 17.5. The lowest BCUT2D eigenvalue weighted by Crippen LogP contribution is -2.00. The minimum Gasteiger partial charge on any atom is -0.309 e. The van der Waals surface area contributed by atoms with Gasteiger partial charge in [0, 0.05) is 58.9 Å². The quantitative estimate of drug-likeness (QED) is 0.185. The highest BCUT2D eigenvalue weighted by Gasteiger charge is 2.20. The van der Waals surface area contributed by atoms with E-state index in [2.05, 4.69) is 114 Å². The Kier molecular flexibility index (Phi) is 6.64. The first kappa shape index (κ1) is 28.6. The fraction of sp³-hybridized carbons (Fsp3) is 0. The third-order valence-electron chi connectivity index (χ3n) is 9.45. The Hall–Kier alpha value is -6.43. The van der Waals surface area contributed by atoms with E-state index in [0.29, 0.717) is 17.5 Å². The van der Waals surface area contributed by atoms with Crippen LogP contribution in [0.5, 0.6) is 0 Å². The van der Waals surface area contributed by atoms with Gasteiger partial charge in [-0.25, -0.2) is 15.0 Å². The zero-order chi connectivity index (χ0) is 33.0. The molecule has 0 saturated carbocycles. The van der Waals surface area contributed by atoms with Gasteiger partial charge in [-0.15, -0.1) is 11.3 Å². The van der Waals surface area contributed by atoms with Gasteiger partial charge in [-0.3, -0.25) is 0 Å². The molecule has 4 nitrogen and oxygen atoms in total. The number of thiophene rings is 1. The Balaban J connectivity index is 1.26. The van der Waals surface area contributed by atoms with Crippen LogP contribution in [0.15, 0.2) is 170 Å². The number of aromatic nitrogens is 4. The van der Waals surface area contributed by atoms with Crippen molar-refractivity contribution in [1.82, 2.24) is 19.5 Å². The molecule has 3 aromatic heterocycles. The largest absolute Gasteiger partial charge is 0.309 e. The third kappa shape index (κ3) is 4.63. The molecule has 0 unspecified atom stereocenters. The molecule has 0 spiro atoms. The highest BCUT2D eigenvalue weighted by atomic mass is 32.1. The van der Waals surface area contributed by atoms with Crippen molar-refractivity contribution in [3.8, 4) is 51.0 Å². The summed E-state index contributed by atoms with van der Waals surface area (Å²) in [4.78, 5) is 15.0. The SMILES string of the molecule is c1ccc(-c2nc(-c3ccccc3)nc(-c3ccc4c5cccc(-c6cccc7sc8ccccc8c67)c5n(-c5ccccc5)c4c3)n2)cc1. The predicted octanol–water partition coefficient (Wildman–Crippen LogP) is 12.0. The first-order valence-electron chi connectivity index (χ1n) is 16.7. The number of hydrogen-bond acceptors (Lipinski definition) is 4. The molecule has 234 valence electrons. The number of benzene rings is 7. The number of hydrogen-bond donors (Lipinski definition) is 0. The molecule has 0 bridgehead atoms. The van der Waals surface area contributed by atoms with Crippen LogP contribution in [0.1, 0.15) is 0 Å². The van der Waals surface area contributed by atoms with E-state index in [0.717, 1.165) is 27.9 Å². The van der Waals surface area contributed by atoms with Gasteiger partial charge in [-0.1, -0.05) is 140 Å². The minimum absolute atomic E-state index is 0.638. The molecule has 3 heterocycles. The Morgan fingerprint density at radius 3 is 1.68 bits per heavy atom. The lowest BCUT2D eigenvalue weighted by molar-refractivity contribution is 1.07. The molecule has 10 rings (SSSR count). The standard InChI is InChI=1S/C45H28N4S/c1-4-14-29(15-5-1)43-46-44(30-16-6-2-7-17-30)48-45(47-43)31-26-27-33-35-22-12-23-36(42(35)49(38(33)28-31)32-18-8-3-9-19-32)34-21-13-25-40-41(34)37-20-10-11-24-39(37)50-40/h1-28H. The number of para-hydroxylation sites is 2. The van der Waals surface area contributed by atoms with Crippen molar-refractivity contribution in [3.63, 3.8) is 0 Å². The third-order valence-corrected chi connectivity index (χ3v) is 10.6. The van der Waals surface area contributed by atoms with E-state index in [-0.39, 0.29) is 0 Å². The second-order valence-corrected chi connectivity index (χ2v) is 13.5. The van der Waals surface area contributed by atoms with Gasteiger partial charge in [0.25, 0.3) is 0 Å². The second-order valence-electron chi connectivity index (χ2n) is 12.4. The molecule has 0 N–H and O–H groups in total. The summed E-state index contributed by atoms with van der Waals surface area (Å²) >= 11 is 1.85. The lowest BCUT2D eigenvalue weighted by Gasteiger charge is -2.13. The number of rotatable bonds is 5. The Labute approximate surface area is 292 Å². The van der Waals surface area contributed by atoms with Crippen LogP contribution in [-0.2, 0) is 0 Å². The van der Waals surface area contributed by atoms with E-state index in [1.807, 2.05) is 72.0 Å². The van der Waals surface area contributed by atoms with Gasteiger partial charge in [0.1, 0.15) is 0 Å². The first-order chi connectivity index (χ1) is 24.8. The summed E-state index contributed by atoms with van der Waals surface area (Å²) in [7, 11) is 0. The fourth-order valence-corrected chi connectivity index (χ4v) is 8.34. The Bertz CT molecular complexity index is 2800. The van der Waals surface area contributed by atoms with Crippen LogP contribution in [0.2, 0.25) is 0 Å². The minimum atomic E-state index is 0.638. The number of fused-ring (bicyclic) bond motifs is 6. The molecule has 0 saturated heterocycles. The molecule has 0 aliphatic heterocycles. The average molecular weight is 657 g/mol. The molecule has 0 radical (unpaired) electrons. The van der Waals surface area contributed by atoms with Crippen LogP contribution in [0.3, 0.4) is 0 Å². The van der Waals surface area contributed by atoms with Crippen molar-refractivity contribution in [1.29, 1.82) is 0 Å². The van der Waals surface area contributed by atoms with Gasteiger partial charge < -0.3 is 4.57 Å². The average Bonchev–Trinajstić information content (AvgIpc) is 3.74. The van der Waals surface area contributed by atoms with Crippen molar-refractivity contribution in [2.75, 3.05) is 0 Å². The second kappa shape index (κ2) is 11.6. The summed E-state index contributed by atoms with van der Waals surface area (Å²) < 4.78 is 5.01. The van der Waals surface area contributed by atoms with E-state index in [4.69, 9.17) is 15.0 Å².